The first-order valence-corrected chi connectivity index (χ1v) is 24.4. The summed E-state index contributed by atoms with van der Waals surface area (Å²) in [6.07, 6.45) is 7.36. The zero-order valence-corrected chi connectivity index (χ0v) is 33.9. The van der Waals surface area contributed by atoms with Crippen molar-refractivity contribution in [1.29, 1.82) is 0 Å². The lowest BCUT2D eigenvalue weighted by atomic mass is 9.99. The number of nitrogens with zero attached hydrogens (tertiary/aromatic N) is 4. The van der Waals surface area contributed by atoms with Crippen molar-refractivity contribution in [2.45, 2.75) is 0 Å². The highest BCUT2D eigenvalue weighted by Gasteiger charge is 2.29. The van der Waals surface area contributed by atoms with Crippen LogP contribution >= 0.6 is 12.1 Å². The molecule has 4 nitrogen and oxygen atoms in total. The molecule has 1 unspecified atom stereocenters. The van der Waals surface area contributed by atoms with Crippen LogP contribution in [0, 0.1) is 0 Å². The van der Waals surface area contributed by atoms with Gasteiger partial charge in [-0.1, -0.05) is 145 Å². The molecule has 0 aliphatic carbocycles. The van der Waals surface area contributed by atoms with Gasteiger partial charge in [0.2, 0.25) is 0 Å². The van der Waals surface area contributed by atoms with Gasteiger partial charge in [0.15, 0.2) is 0 Å². The Morgan fingerprint density at radius 3 is 1.68 bits per heavy atom. The molecule has 57 heavy (non-hydrogen) atoms. The van der Waals surface area contributed by atoms with Gasteiger partial charge in [0.05, 0.1) is 16.6 Å². The highest BCUT2D eigenvalue weighted by Crippen LogP contribution is 2.46. The van der Waals surface area contributed by atoms with E-state index in [1.807, 2.05) is 24.8 Å². The maximum atomic E-state index is 6.94. The average molecular weight is 803 g/mol. The molecule has 0 radical (unpaired) electrons. The van der Waals surface area contributed by atoms with E-state index in [-0.39, 0.29) is 0 Å². The molecule has 0 saturated heterocycles. The van der Waals surface area contributed by atoms with Crippen LogP contribution in [0.15, 0.2) is 195 Å². The van der Waals surface area contributed by atoms with Crippen molar-refractivity contribution in [2.24, 2.45) is 0 Å². The Balaban J connectivity index is 1.23. The molecule has 1 atom stereocenters. The fourth-order valence-electron chi connectivity index (χ4n) is 8.55. The summed E-state index contributed by atoms with van der Waals surface area (Å²) in [6, 6.07) is 55.8. The van der Waals surface area contributed by atoms with Crippen LogP contribution in [0.3, 0.4) is 0 Å². The maximum absolute atomic E-state index is 6.94. The van der Waals surface area contributed by atoms with Crippen LogP contribution in [0.4, 0.5) is 0 Å². The van der Waals surface area contributed by atoms with Crippen LogP contribution in [-0.4, -0.2) is 19.4 Å². The van der Waals surface area contributed by atoms with Gasteiger partial charge in [-0.05, 0) is 107 Å². The van der Waals surface area contributed by atoms with E-state index >= 15 is 0 Å². The number of fused-ring (bicyclic) bond motifs is 11. The highest BCUT2D eigenvalue weighted by molar-refractivity contribution is 8.26. The molecule has 0 amide bonds. The normalized spacial score (nSPS) is 13.2. The van der Waals surface area contributed by atoms with E-state index in [0.717, 1.165) is 70.2 Å². The van der Waals surface area contributed by atoms with Gasteiger partial charge in [-0.3, -0.25) is 14.4 Å². The lowest BCUT2D eigenvalue weighted by Gasteiger charge is -2.25. The van der Waals surface area contributed by atoms with Crippen LogP contribution in [0.1, 0.15) is 0 Å². The van der Waals surface area contributed by atoms with Crippen LogP contribution in [0.5, 0.6) is 0 Å². The molecular formula is C49H32N4P2S2. The third kappa shape index (κ3) is 5.29. The molecule has 0 spiro atoms. The van der Waals surface area contributed by atoms with Gasteiger partial charge >= 0.3 is 0 Å². The number of imidazole rings is 1. The molecule has 11 aromatic rings. The van der Waals surface area contributed by atoms with Gasteiger partial charge < -0.3 is 0 Å². The standard InChI is InChI=1S/C49H32N4P2S2/c56-54(37-22-26-50-27-23-37,38-24-28-51-29-25-38)41-17-20-43-44-19-15-34-9-6-7-13-42(34)48(44)49-52-45-31-40(18-21-46(45)53(49)47(43)32-41)55(57,36-11-2-1-3-12-36)39-16-14-33-8-4-5-10-35(33)30-39/h1-32H. The van der Waals surface area contributed by atoms with Crippen molar-refractivity contribution < 1.29 is 0 Å². The summed E-state index contributed by atoms with van der Waals surface area (Å²) in [6.45, 7) is 0. The minimum Gasteiger partial charge on any atom is -0.292 e. The molecule has 0 N–H and O–H groups in total. The second kappa shape index (κ2) is 13.4. The first-order valence-electron chi connectivity index (χ1n) is 18.8. The largest absolute Gasteiger partial charge is 0.292 e. The van der Waals surface area contributed by atoms with Gasteiger partial charge in [-0.15, -0.1) is 0 Å². The summed E-state index contributed by atoms with van der Waals surface area (Å²) in [5.74, 6) is 0. The Morgan fingerprint density at radius 1 is 0.386 bits per heavy atom. The molecule has 8 heteroatoms. The number of benzene rings is 7. The minimum atomic E-state index is -2.51. The van der Waals surface area contributed by atoms with E-state index in [4.69, 9.17) is 28.6 Å². The van der Waals surface area contributed by atoms with Crippen molar-refractivity contribution >= 4 is 127 Å². The zero-order chi connectivity index (χ0) is 38.1. The summed E-state index contributed by atoms with van der Waals surface area (Å²) >= 11 is 13.8. The maximum Gasteiger partial charge on any atom is 0.147 e. The predicted octanol–water partition coefficient (Wildman–Crippen LogP) is 9.40. The monoisotopic (exact) mass is 802 g/mol. The quantitative estimate of drug-likeness (QED) is 0.124. The van der Waals surface area contributed by atoms with E-state index in [1.165, 1.54) is 21.5 Å². The average Bonchev–Trinajstić information content (AvgIpc) is 3.68. The van der Waals surface area contributed by atoms with E-state index in [9.17, 15) is 0 Å². The molecule has 11 rings (SSSR count). The fraction of sp³-hybridized carbons (Fsp3) is 0. The molecule has 0 fully saturated rings. The molecule has 0 aliphatic rings. The number of rotatable bonds is 6. The second-order valence-corrected chi connectivity index (χ2v) is 23.2. The molecule has 4 heterocycles. The third-order valence-electron chi connectivity index (χ3n) is 11.3. The van der Waals surface area contributed by atoms with Crippen molar-refractivity contribution in [3.63, 3.8) is 0 Å². The van der Waals surface area contributed by atoms with Crippen LogP contribution in [0.25, 0.3) is 59.9 Å². The number of hydrogen-bond donors (Lipinski definition) is 0. The Labute approximate surface area is 339 Å². The number of aromatic nitrogens is 4. The van der Waals surface area contributed by atoms with E-state index in [0.29, 0.717) is 0 Å². The third-order valence-corrected chi connectivity index (χ3v) is 21.2. The molecule has 4 aromatic heterocycles. The smallest absolute Gasteiger partial charge is 0.147 e. The Kier molecular flexibility index (Phi) is 8.07. The first kappa shape index (κ1) is 34.4. The summed E-state index contributed by atoms with van der Waals surface area (Å²) < 4.78 is 2.35. The molecule has 0 saturated carbocycles. The number of pyridine rings is 3. The predicted molar refractivity (Wildman–Crippen MR) is 250 cm³/mol. The molecule has 7 aromatic carbocycles. The fourth-order valence-corrected chi connectivity index (χ4v) is 15.9. The SMILES string of the molecule is S=P(c1ccccc1)(c1ccc2ccccc2c1)c1ccc2c(c1)nc1c3c4ccccc4ccc3c3ccc(P(=S)(c4ccncc4)c4ccncc4)cc3n21. The van der Waals surface area contributed by atoms with Crippen molar-refractivity contribution in [3.05, 3.63) is 195 Å². The lowest BCUT2D eigenvalue weighted by Crippen LogP contribution is -2.25. The van der Waals surface area contributed by atoms with E-state index < -0.39 is 12.1 Å². The molecule has 0 bridgehead atoms. The van der Waals surface area contributed by atoms with Gasteiger partial charge in [-0.25, -0.2) is 4.98 Å². The number of hydrogen-bond acceptors (Lipinski definition) is 5. The molecule has 270 valence electrons. The molecular weight excluding hydrogens is 771 g/mol. The highest BCUT2D eigenvalue weighted by atomic mass is 32.4. The Hall–Kier alpha value is -5.87. The summed E-state index contributed by atoms with van der Waals surface area (Å²) in [5.41, 5.74) is 3.92. The van der Waals surface area contributed by atoms with Gasteiger partial charge in [0.25, 0.3) is 0 Å². The Morgan fingerprint density at radius 2 is 0.930 bits per heavy atom. The topological polar surface area (TPSA) is 43.1 Å². The second-order valence-electron chi connectivity index (χ2n) is 14.4. The van der Waals surface area contributed by atoms with E-state index in [2.05, 4.69) is 184 Å². The van der Waals surface area contributed by atoms with Crippen molar-refractivity contribution in [1.82, 2.24) is 19.4 Å². The summed E-state index contributed by atoms with van der Waals surface area (Å²) in [4.78, 5) is 14.2. The van der Waals surface area contributed by atoms with Gasteiger partial charge in [0.1, 0.15) is 5.65 Å². The molecule has 0 aliphatic heterocycles. The van der Waals surface area contributed by atoms with Crippen LogP contribution in [-0.2, 0) is 23.6 Å². The summed E-state index contributed by atoms with van der Waals surface area (Å²) in [5, 5.41) is 14.9. The van der Waals surface area contributed by atoms with Crippen molar-refractivity contribution in [3.8, 4) is 0 Å². The van der Waals surface area contributed by atoms with Crippen molar-refractivity contribution in [2.75, 3.05) is 0 Å². The summed E-state index contributed by atoms with van der Waals surface area (Å²) in [7, 11) is 0. The van der Waals surface area contributed by atoms with Crippen LogP contribution in [0.2, 0.25) is 0 Å². The van der Waals surface area contributed by atoms with Crippen LogP contribution < -0.4 is 31.8 Å². The Bertz CT molecular complexity index is 3440. The first-order chi connectivity index (χ1) is 28.0. The van der Waals surface area contributed by atoms with Gasteiger partial charge in [0, 0.05) is 47.6 Å². The zero-order valence-electron chi connectivity index (χ0n) is 30.5. The van der Waals surface area contributed by atoms with Gasteiger partial charge in [-0.2, -0.15) is 0 Å². The van der Waals surface area contributed by atoms with E-state index in [1.54, 1.807) is 0 Å². The minimum absolute atomic E-state index is 0.910. The lowest BCUT2D eigenvalue weighted by molar-refractivity contribution is 1.32.